The van der Waals surface area contributed by atoms with Gasteiger partial charge in [-0.3, -0.25) is 0 Å². The van der Waals surface area contributed by atoms with Crippen LogP contribution in [0.5, 0.6) is 0 Å². The molecule has 4 aromatic heterocycles. The van der Waals surface area contributed by atoms with Crippen LogP contribution in [0.1, 0.15) is 90.5 Å². The molecule has 14 aromatic rings. The summed E-state index contributed by atoms with van der Waals surface area (Å²) < 4.78 is 25.3. The van der Waals surface area contributed by atoms with E-state index in [-0.39, 0.29) is 38.0 Å². The molecule has 2 atom stereocenters. The second-order valence-electron chi connectivity index (χ2n) is 25.5. The van der Waals surface area contributed by atoms with Gasteiger partial charge in [-0.25, -0.2) is 0 Å². The SMILES string of the molecule is Cc1ccc(C2=Cc3c(ccc(C)c3-c3ccccc3)C2c2c(-c3ccco3)[cH-]c3cc([Si](C)C)c(C)c(-c4ccccc4)c23)o1.Cc1ccc(C2=Cc3c(ccc(C)c3-c3ccccc3)C2c2c(-c3ccco3)[cH-]c3cc([Si](C)C)c(C)c(-c4ccccc4)c23)o1.[Zr+2]. The fourth-order valence-electron chi connectivity index (χ4n) is 15.3. The zero-order valence-electron chi connectivity index (χ0n) is 54.4. The van der Waals surface area contributed by atoms with E-state index in [9.17, 15) is 0 Å². The largest absolute Gasteiger partial charge is 2.00 e. The number of rotatable bonds is 12. The van der Waals surface area contributed by atoms with Crippen LogP contribution in [0, 0.1) is 41.5 Å². The normalized spacial score (nSPS) is 14.2. The van der Waals surface area contributed by atoms with E-state index in [1.165, 1.54) is 143 Å². The van der Waals surface area contributed by atoms with Crippen molar-refractivity contribution in [3.05, 3.63) is 310 Å². The van der Waals surface area contributed by atoms with E-state index in [4.69, 9.17) is 17.7 Å². The maximum Gasteiger partial charge on any atom is 2.00 e. The van der Waals surface area contributed by atoms with Crippen molar-refractivity contribution in [1.82, 2.24) is 0 Å². The van der Waals surface area contributed by atoms with Gasteiger partial charge in [0.15, 0.2) is 0 Å². The van der Waals surface area contributed by atoms with Gasteiger partial charge in [0.05, 0.1) is 41.6 Å². The van der Waals surface area contributed by atoms with Crippen LogP contribution in [-0.4, -0.2) is 17.6 Å². The van der Waals surface area contributed by atoms with Crippen LogP contribution in [0.25, 0.3) is 112 Å². The molecule has 452 valence electrons. The molecule has 10 aromatic carbocycles. The Labute approximate surface area is 568 Å². The summed E-state index contributed by atoms with van der Waals surface area (Å²) in [6.07, 6.45) is 8.36. The van der Waals surface area contributed by atoms with Gasteiger partial charge < -0.3 is 17.7 Å². The third-order valence-corrected chi connectivity index (χ3v) is 22.5. The minimum absolute atomic E-state index is 0. The van der Waals surface area contributed by atoms with E-state index in [0.717, 1.165) is 45.7 Å². The summed E-state index contributed by atoms with van der Waals surface area (Å²) in [5.41, 5.74) is 27.8. The molecule has 7 heteroatoms. The first-order valence-corrected chi connectivity index (χ1v) is 37.1. The smallest absolute Gasteiger partial charge is 0.499 e. The summed E-state index contributed by atoms with van der Waals surface area (Å²) in [4.78, 5) is 0. The van der Waals surface area contributed by atoms with Crippen molar-refractivity contribution in [2.45, 2.75) is 79.6 Å². The van der Waals surface area contributed by atoms with Crippen molar-refractivity contribution in [3.63, 3.8) is 0 Å². The van der Waals surface area contributed by atoms with Gasteiger partial charge in [0.25, 0.3) is 0 Å². The summed E-state index contributed by atoms with van der Waals surface area (Å²) in [5.74, 6) is 5.33. The predicted molar refractivity (Wildman–Crippen MR) is 389 cm³/mol. The van der Waals surface area contributed by atoms with Crippen LogP contribution >= 0.6 is 0 Å². The number of hydrogen-bond donors (Lipinski definition) is 0. The van der Waals surface area contributed by atoms with Crippen molar-refractivity contribution < 1.29 is 43.9 Å². The van der Waals surface area contributed by atoms with E-state index in [0.29, 0.717) is 0 Å². The molecule has 0 aliphatic heterocycles. The maximum absolute atomic E-state index is 6.45. The van der Waals surface area contributed by atoms with Crippen molar-refractivity contribution in [2.24, 2.45) is 0 Å². The number of aryl methyl sites for hydroxylation is 4. The summed E-state index contributed by atoms with van der Waals surface area (Å²) in [6.45, 7) is 22.7. The first-order chi connectivity index (χ1) is 44.8. The summed E-state index contributed by atoms with van der Waals surface area (Å²) >= 11 is 0. The van der Waals surface area contributed by atoms with Crippen molar-refractivity contribution in [3.8, 4) is 67.2 Å². The minimum Gasteiger partial charge on any atom is -0.499 e. The molecule has 0 fully saturated rings. The van der Waals surface area contributed by atoms with Gasteiger partial charge in [-0.2, -0.15) is 0 Å². The van der Waals surface area contributed by atoms with Gasteiger partial charge >= 0.3 is 26.2 Å². The second kappa shape index (κ2) is 25.1. The van der Waals surface area contributed by atoms with E-state index in [1.807, 2.05) is 26.0 Å². The average Bonchev–Trinajstić information content (AvgIpc) is 1.57. The van der Waals surface area contributed by atoms with Crippen molar-refractivity contribution >= 4 is 72.8 Å². The molecule has 93 heavy (non-hydrogen) atoms. The van der Waals surface area contributed by atoms with E-state index in [1.54, 1.807) is 12.5 Å². The predicted octanol–water partition coefficient (Wildman–Crippen LogP) is 22.6. The monoisotopic (exact) mass is 1310 g/mol. The quantitative estimate of drug-likeness (QED) is 0.0904. The molecule has 0 saturated heterocycles. The summed E-state index contributed by atoms with van der Waals surface area (Å²) in [7, 11) is -1.45. The molecule has 4 heterocycles. The molecule has 0 amide bonds. The average molecular weight is 1320 g/mol. The van der Waals surface area contributed by atoms with Crippen LogP contribution in [0.15, 0.2) is 249 Å². The topological polar surface area (TPSA) is 52.6 Å². The minimum atomic E-state index is -0.726. The standard InChI is InChI=1S/2C43H36O2Si.Zr/c2*1-26-18-20-32-33(39(26)29-13-8-6-9-14-29)25-35(37-21-19-27(2)45-37)42(32)43-34(36-17-12-22-44-36)23-31-24-38(46(4)5)28(3)40(41(31)43)30-15-10-7-11-16-30;/h2*6-25,42H,1-5H3;/q2*-1;+2. The Morgan fingerprint density at radius 2 is 0.720 bits per heavy atom. The zero-order valence-corrected chi connectivity index (χ0v) is 58.8. The molecule has 16 rings (SSSR count). The van der Waals surface area contributed by atoms with Crippen LogP contribution in [0.3, 0.4) is 0 Å². The Kier molecular flexibility index (Phi) is 16.6. The first kappa shape index (κ1) is 61.4. The van der Waals surface area contributed by atoms with E-state index < -0.39 is 17.6 Å². The van der Waals surface area contributed by atoms with Gasteiger partial charge in [0.2, 0.25) is 0 Å². The molecule has 2 aliphatic carbocycles. The Morgan fingerprint density at radius 1 is 0.366 bits per heavy atom. The Bertz CT molecular complexity index is 4820. The summed E-state index contributed by atoms with van der Waals surface area (Å²) in [5, 5.41) is 8.10. The fraction of sp³-hybridized carbons (Fsp3) is 0.140. The Hall–Kier alpha value is -9.10. The molecular weight excluding hydrogens is 1240 g/mol. The molecule has 0 spiro atoms. The Balaban J connectivity index is 0.000000159. The van der Waals surface area contributed by atoms with Gasteiger partial charge in [0.1, 0.15) is 23.0 Å². The molecule has 2 unspecified atom stereocenters. The third-order valence-electron chi connectivity index (χ3n) is 19.3. The van der Waals surface area contributed by atoms with Crippen molar-refractivity contribution in [2.75, 3.05) is 0 Å². The molecule has 0 bridgehead atoms. The molecule has 0 saturated carbocycles. The Morgan fingerprint density at radius 3 is 1.03 bits per heavy atom. The number of benzene rings is 8. The van der Waals surface area contributed by atoms with Crippen LogP contribution < -0.4 is 10.4 Å². The first-order valence-electron chi connectivity index (χ1n) is 32.1. The molecular formula is C86H72O4Si2Zr. The van der Waals surface area contributed by atoms with Crippen molar-refractivity contribution in [1.29, 1.82) is 0 Å². The van der Waals surface area contributed by atoms with Gasteiger partial charge in [-0.15, -0.1) is 56.9 Å². The summed E-state index contributed by atoms with van der Waals surface area (Å²) in [6, 6.07) is 79.0. The van der Waals surface area contributed by atoms with Crippen LogP contribution in [0.2, 0.25) is 26.2 Å². The molecule has 0 N–H and O–H groups in total. The zero-order chi connectivity index (χ0) is 63.1. The molecule has 2 radical (unpaired) electrons. The molecule has 2 aliphatic rings. The number of furan rings is 4. The van der Waals surface area contributed by atoms with E-state index >= 15 is 0 Å². The fourth-order valence-corrected chi connectivity index (χ4v) is 17.9. The number of fused-ring (bicyclic) bond motifs is 4. The molecule has 4 nitrogen and oxygen atoms in total. The van der Waals surface area contributed by atoms with Gasteiger partial charge in [-0.05, 0) is 179 Å². The number of allylic oxidation sites excluding steroid dienone is 2. The van der Waals surface area contributed by atoms with Gasteiger partial charge in [0, 0.05) is 11.8 Å². The second-order valence-corrected chi connectivity index (χ2v) is 30.6. The van der Waals surface area contributed by atoms with Gasteiger partial charge in [-0.1, -0.05) is 217 Å². The van der Waals surface area contributed by atoms with Crippen LogP contribution in [0.4, 0.5) is 0 Å². The number of hydrogen-bond acceptors (Lipinski definition) is 4. The maximum atomic E-state index is 6.45. The van der Waals surface area contributed by atoms with Crippen LogP contribution in [-0.2, 0) is 26.2 Å². The van der Waals surface area contributed by atoms with E-state index in [2.05, 4.69) is 272 Å². The third kappa shape index (κ3) is 10.7.